The topological polar surface area (TPSA) is 61.3 Å². The molecule has 3 aromatic rings. The summed E-state index contributed by atoms with van der Waals surface area (Å²) in [5, 5.41) is 0. The van der Waals surface area contributed by atoms with Crippen molar-refractivity contribution >= 4 is 5.97 Å². The van der Waals surface area contributed by atoms with E-state index < -0.39 is 17.6 Å². The largest absolute Gasteiger partial charge is 0.476 e. The number of carbonyl (C=O) groups excluding carboxylic acids is 1. The molecule has 1 heterocycles. The van der Waals surface area contributed by atoms with Crippen molar-refractivity contribution < 1.29 is 23.0 Å². The van der Waals surface area contributed by atoms with Gasteiger partial charge in [-0.2, -0.15) is 0 Å². The maximum Gasteiger partial charge on any atom is 0.362 e. The molecular weight excluding hydrogens is 366 g/mol. The van der Waals surface area contributed by atoms with Crippen LogP contribution in [0.25, 0.3) is 22.5 Å². The zero-order chi connectivity index (χ0) is 20.1. The molecule has 28 heavy (non-hydrogen) atoms. The normalized spacial score (nSPS) is 10.6. The van der Waals surface area contributed by atoms with Gasteiger partial charge in [-0.25, -0.2) is 23.5 Å². The number of halogens is 2. The van der Waals surface area contributed by atoms with Crippen LogP contribution in [0.5, 0.6) is 5.88 Å². The molecule has 0 unspecified atom stereocenters. The van der Waals surface area contributed by atoms with Crippen molar-refractivity contribution in [3.8, 4) is 28.4 Å². The maximum atomic E-state index is 13.4. The second-order valence-corrected chi connectivity index (χ2v) is 5.93. The van der Waals surface area contributed by atoms with Crippen LogP contribution in [0, 0.1) is 11.6 Å². The van der Waals surface area contributed by atoms with Crippen LogP contribution in [0.4, 0.5) is 8.78 Å². The molecule has 2 aromatic carbocycles. The molecule has 5 nitrogen and oxygen atoms in total. The van der Waals surface area contributed by atoms with Gasteiger partial charge in [0.1, 0.15) is 17.3 Å². The summed E-state index contributed by atoms with van der Waals surface area (Å²) in [4.78, 5) is 21.1. The van der Waals surface area contributed by atoms with E-state index in [9.17, 15) is 13.6 Å². The summed E-state index contributed by atoms with van der Waals surface area (Å²) >= 11 is 0. The van der Waals surface area contributed by atoms with Crippen LogP contribution in [0.1, 0.15) is 23.8 Å². The molecule has 0 saturated carbocycles. The number of hydrogen-bond donors (Lipinski definition) is 0. The van der Waals surface area contributed by atoms with Crippen LogP contribution in [-0.2, 0) is 4.74 Å². The summed E-state index contributed by atoms with van der Waals surface area (Å²) in [7, 11) is 1.24. The van der Waals surface area contributed by atoms with E-state index in [2.05, 4.69) is 9.97 Å². The number of benzene rings is 2. The van der Waals surface area contributed by atoms with Gasteiger partial charge in [0.15, 0.2) is 0 Å². The van der Waals surface area contributed by atoms with Crippen LogP contribution < -0.4 is 4.74 Å². The second-order valence-electron chi connectivity index (χ2n) is 5.93. The van der Waals surface area contributed by atoms with E-state index in [1.807, 2.05) is 6.92 Å². The molecule has 0 amide bonds. The molecule has 0 saturated heterocycles. The van der Waals surface area contributed by atoms with Crippen molar-refractivity contribution in [1.82, 2.24) is 9.97 Å². The molecule has 0 N–H and O–H groups in total. The third-order valence-corrected chi connectivity index (χ3v) is 3.92. The fourth-order valence-corrected chi connectivity index (χ4v) is 2.57. The molecule has 1 aromatic heterocycles. The van der Waals surface area contributed by atoms with E-state index in [4.69, 9.17) is 9.47 Å². The number of hydrogen-bond acceptors (Lipinski definition) is 5. The monoisotopic (exact) mass is 384 g/mol. The number of rotatable bonds is 6. The first-order chi connectivity index (χ1) is 13.5. The summed E-state index contributed by atoms with van der Waals surface area (Å²) in [6.45, 7) is 2.25. The van der Waals surface area contributed by atoms with Gasteiger partial charge in [0, 0.05) is 11.1 Å². The van der Waals surface area contributed by atoms with Gasteiger partial charge < -0.3 is 9.47 Å². The van der Waals surface area contributed by atoms with Crippen molar-refractivity contribution in [2.24, 2.45) is 0 Å². The molecule has 0 spiro atoms. The van der Waals surface area contributed by atoms with E-state index in [1.54, 1.807) is 12.1 Å². The number of carbonyl (C=O) groups is 1. The molecule has 0 aliphatic heterocycles. The van der Waals surface area contributed by atoms with Crippen LogP contribution in [-0.4, -0.2) is 29.7 Å². The quantitative estimate of drug-likeness (QED) is 0.578. The van der Waals surface area contributed by atoms with Crippen LogP contribution >= 0.6 is 0 Å². The fourth-order valence-electron chi connectivity index (χ4n) is 2.57. The summed E-state index contributed by atoms with van der Waals surface area (Å²) in [5.41, 5.74) is 1.74. The Morgan fingerprint density at radius 3 is 1.86 bits per heavy atom. The van der Waals surface area contributed by atoms with E-state index >= 15 is 0 Å². The summed E-state index contributed by atoms with van der Waals surface area (Å²) < 4.78 is 37.1. The van der Waals surface area contributed by atoms with Gasteiger partial charge in [0.2, 0.25) is 11.6 Å². The zero-order valence-electron chi connectivity index (χ0n) is 15.4. The van der Waals surface area contributed by atoms with Crippen molar-refractivity contribution in [2.45, 2.75) is 13.3 Å². The highest BCUT2D eigenvalue weighted by Crippen LogP contribution is 2.32. The minimum Gasteiger partial charge on any atom is -0.476 e. The molecule has 0 bridgehead atoms. The number of methoxy groups -OCH3 is 1. The summed E-state index contributed by atoms with van der Waals surface area (Å²) in [5.74, 6) is -1.48. The number of ether oxygens (including phenoxy) is 2. The smallest absolute Gasteiger partial charge is 0.362 e. The Morgan fingerprint density at radius 1 is 0.893 bits per heavy atom. The summed E-state index contributed by atoms with van der Waals surface area (Å²) in [6.07, 6.45) is 0.702. The first-order valence-electron chi connectivity index (χ1n) is 8.68. The van der Waals surface area contributed by atoms with Gasteiger partial charge in [0.05, 0.1) is 19.4 Å². The zero-order valence-corrected chi connectivity index (χ0v) is 15.4. The lowest BCUT2D eigenvalue weighted by Crippen LogP contribution is -2.12. The Kier molecular flexibility index (Phi) is 5.93. The highest BCUT2D eigenvalue weighted by Gasteiger charge is 2.23. The lowest BCUT2D eigenvalue weighted by atomic mass is 10.0. The Bertz CT molecular complexity index is 974. The van der Waals surface area contributed by atoms with E-state index in [0.717, 1.165) is 0 Å². The fraction of sp³-hybridized carbons (Fsp3) is 0.190. The molecule has 0 aliphatic rings. The molecule has 7 heteroatoms. The van der Waals surface area contributed by atoms with Gasteiger partial charge in [-0.05, 0) is 55.0 Å². The minimum atomic E-state index is -0.701. The minimum absolute atomic E-state index is 0.0267. The predicted octanol–water partition coefficient (Wildman–Crippen LogP) is 4.66. The van der Waals surface area contributed by atoms with Crippen molar-refractivity contribution in [2.75, 3.05) is 13.7 Å². The number of esters is 1. The van der Waals surface area contributed by atoms with Crippen molar-refractivity contribution in [3.63, 3.8) is 0 Å². The molecule has 0 aliphatic carbocycles. The predicted molar refractivity (Wildman–Crippen MR) is 99.9 cm³/mol. The Labute approximate surface area is 161 Å². The average molecular weight is 384 g/mol. The van der Waals surface area contributed by atoms with Gasteiger partial charge in [-0.1, -0.05) is 6.92 Å². The van der Waals surface area contributed by atoms with Gasteiger partial charge in [0.25, 0.3) is 0 Å². The lowest BCUT2D eigenvalue weighted by molar-refractivity contribution is 0.0587. The Balaban J connectivity index is 2.25. The van der Waals surface area contributed by atoms with E-state index in [0.29, 0.717) is 35.5 Å². The number of aromatic nitrogens is 2. The highest BCUT2D eigenvalue weighted by molar-refractivity contribution is 5.92. The van der Waals surface area contributed by atoms with Gasteiger partial charge >= 0.3 is 5.97 Å². The van der Waals surface area contributed by atoms with E-state index in [-0.39, 0.29) is 11.6 Å². The second kappa shape index (κ2) is 8.56. The van der Waals surface area contributed by atoms with Crippen LogP contribution in [0.2, 0.25) is 0 Å². The molecule has 0 atom stereocenters. The first-order valence-corrected chi connectivity index (χ1v) is 8.68. The Hall–Kier alpha value is -3.35. The maximum absolute atomic E-state index is 13.4. The molecular formula is C21H18F2N2O3. The lowest BCUT2D eigenvalue weighted by Gasteiger charge is -2.14. The third-order valence-electron chi connectivity index (χ3n) is 3.92. The molecule has 0 radical (unpaired) electrons. The van der Waals surface area contributed by atoms with Gasteiger partial charge in [-0.3, -0.25) is 0 Å². The van der Waals surface area contributed by atoms with Crippen molar-refractivity contribution in [3.05, 3.63) is 65.9 Å². The third kappa shape index (κ3) is 4.14. The first kappa shape index (κ1) is 19.4. The Morgan fingerprint density at radius 2 is 1.39 bits per heavy atom. The van der Waals surface area contributed by atoms with Crippen LogP contribution in [0.3, 0.4) is 0 Å². The van der Waals surface area contributed by atoms with E-state index in [1.165, 1.54) is 43.5 Å². The molecule has 144 valence electrons. The average Bonchev–Trinajstić information content (AvgIpc) is 2.72. The number of nitrogens with zero attached hydrogens (tertiary/aromatic N) is 2. The standard InChI is InChI=1S/C21H18F2N2O3/c1-3-12-28-20-19(21(26)27-2)24-17(13-4-8-15(22)9-5-13)18(25-20)14-6-10-16(23)11-7-14/h4-11H,3,12H2,1-2H3. The van der Waals surface area contributed by atoms with Crippen LogP contribution in [0.15, 0.2) is 48.5 Å². The van der Waals surface area contributed by atoms with Gasteiger partial charge in [-0.15, -0.1) is 0 Å². The molecule has 3 rings (SSSR count). The summed E-state index contributed by atoms with van der Waals surface area (Å²) in [6, 6.07) is 11.3. The SMILES string of the molecule is CCCOc1nc(-c2ccc(F)cc2)c(-c2ccc(F)cc2)nc1C(=O)OC. The highest BCUT2D eigenvalue weighted by atomic mass is 19.1. The van der Waals surface area contributed by atoms with Crippen molar-refractivity contribution in [1.29, 1.82) is 0 Å². The molecule has 0 fully saturated rings.